The minimum absolute atomic E-state index is 0.00817. The van der Waals surface area contributed by atoms with E-state index in [1.807, 2.05) is 30.3 Å². The van der Waals surface area contributed by atoms with Crippen LogP contribution in [0.1, 0.15) is 17.2 Å². The summed E-state index contributed by atoms with van der Waals surface area (Å²) in [5.41, 5.74) is 1.48. The maximum atomic E-state index is 10.2. The van der Waals surface area contributed by atoms with Gasteiger partial charge in [-0.2, -0.15) is 0 Å². The van der Waals surface area contributed by atoms with Gasteiger partial charge < -0.3 is 20.3 Å². The molecule has 0 aliphatic carbocycles. The molecule has 0 amide bonds. The van der Waals surface area contributed by atoms with Crippen LogP contribution >= 0.6 is 0 Å². The van der Waals surface area contributed by atoms with Crippen LogP contribution in [0.3, 0.4) is 0 Å². The van der Waals surface area contributed by atoms with Gasteiger partial charge >= 0.3 is 0 Å². The molecule has 4 heteroatoms. The lowest BCUT2D eigenvalue weighted by Gasteiger charge is -2.15. The van der Waals surface area contributed by atoms with Gasteiger partial charge in [-0.3, -0.25) is 0 Å². The Morgan fingerprint density at radius 2 is 1.85 bits per heavy atom. The fourth-order valence-electron chi connectivity index (χ4n) is 1.96. The van der Waals surface area contributed by atoms with Crippen molar-refractivity contribution in [3.63, 3.8) is 0 Å². The van der Waals surface area contributed by atoms with Gasteiger partial charge in [0.05, 0.1) is 6.10 Å². The first-order valence-electron chi connectivity index (χ1n) is 6.53. The molecule has 106 valence electrons. The number of nitrogens with one attached hydrogen (secondary N) is 1. The molecule has 2 rings (SSSR count). The van der Waals surface area contributed by atoms with Gasteiger partial charge in [-0.1, -0.05) is 42.5 Å². The average molecular weight is 273 g/mol. The number of aliphatic hydroxyl groups is 1. The van der Waals surface area contributed by atoms with E-state index in [2.05, 4.69) is 5.32 Å². The first-order chi connectivity index (χ1) is 9.72. The van der Waals surface area contributed by atoms with Crippen molar-refractivity contribution in [3.8, 4) is 11.5 Å². The Morgan fingerprint density at radius 3 is 2.55 bits per heavy atom. The molecular weight excluding hydrogens is 254 g/mol. The molecule has 0 aromatic heterocycles. The Kier molecular flexibility index (Phi) is 4.98. The summed E-state index contributed by atoms with van der Waals surface area (Å²) in [4.78, 5) is 0. The van der Waals surface area contributed by atoms with Crippen LogP contribution in [-0.4, -0.2) is 23.8 Å². The molecule has 0 heterocycles. The highest BCUT2D eigenvalue weighted by atomic mass is 16.5. The first-order valence-corrected chi connectivity index (χ1v) is 6.53. The van der Waals surface area contributed by atoms with Crippen LogP contribution in [-0.2, 0) is 6.61 Å². The number of aromatic hydroxyl groups is 1. The van der Waals surface area contributed by atoms with Gasteiger partial charge in [0, 0.05) is 12.1 Å². The van der Waals surface area contributed by atoms with E-state index in [0.717, 1.165) is 5.56 Å². The average Bonchev–Trinajstić information content (AvgIpc) is 2.47. The molecule has 0 spiro atoms. The van der Waals surface area contributed by atoms with Crippen molar-refractivity contribution in [2.75, 3.05) is 13.6 Å². The van der Waals surface area contributed by atoms with Crippen LogP contribution < -0.4 is 10.1 Å². The van der Waals surface area contributed by atoms with E-state index >= 15 is 0 Å². The summed E-state index contributed by atoms with van der Waals surface area (Å²) < 4.78 is 5.61. The van der Waals surface area contributed by atoms with Gasteiger partial charge in [0.25, 0.3) is 0 Å². The zero-order valence-corrected chi connectivity index (χ0v) is 11.4. The van der Waals surface area contributed by atoms with Gasteiger partial charge in [-0.15, -0.1) is 0 Å². The van der Waals surface area contributed by atoms with Crippen LogP contribution in [0.25, 0.3) is 0 Å². The third-order valence-electron chi connectivity index (χ3n) is 3.02. The van der Waals surface area contributed by atoms with Crippen LogP contribution in [0.15, 0.2) is 48.5 Å². The molecule has 4 nitrogen and oxygen atoms in total. The third-order valence-corrected chi connectivity index (χ3v) is 3.02. The van der Waals surface area contributed by atoms with E-state index in [1.165, 1.54) is 0 Å². The maximum absolute atomic E-state index is 10.2. The number of hydrogen-bond acceptors (Lipinski definition) is 4. The van der Waals surface area contributed by atoms with Crippen molar-refractivity contribution in [1.82, 2.24) is 5.32 Å². The highest BCUT2D eigenvalue weighted by molar-refractivity contribution is 5.46. The van der Waals surface area contributed by atoms with Crippen molar-refractivity contribution >= 4 is 0 Å². The molecule has 0 aliphatic heterocycles. The highest BCUT2D eigenvalue weighted by Crippen LogP contribution is 2.33. The van der Waals surface area contributed by atoms with E-state index in [-0.39, 0.29) is 5.75 Å². The molecule has 0 fully saturated rings. The molecule has 0 radical (unpaired) electrons. The molecule has 1 unspecified atom stereocenters. The number of para-hydroxylation sites is 1. The van der Waals surface area contributed by atoms with Crippen molar-refractivity contribution in [3.05, 3.63) is 59.7 Å². The Morgan fingerprint density at radius 1 is 1.10 bits per heavy atom. The fourth-order valence-corrected chi connectivity index (χ4v) is 1.96. The van der Waals surface area contributed by atoms with Crippen molar-refractivity contribution in [1.29, 1.82) is 0 Å². The summed E-state index contributed by atoms with van der Waals surface area (Å²) in [6.07, 6.45) is -0.764. The zero-order chi connectivity index (χ0) is 14.4. The second-order valence-electron chi connectivity index (χ2n) is 4.54. The molecule has 2 aromatic carbocycles. The summed E-state index contributed by atoms with van der Waals surface area (Å²) in [6, 6.07) is 14.9. The molecule has 2 aromatic rings. The number of hydrogen-bond donors (Lipinski definition) is 3. The molecule has 0 aliphatic rings. The van der Waals surface area contributed by atoms with Gasteiger partial charge in [-0.05, 0) is 18.7 Å². The molecule has 0 saturated heterocycles. The standard InChI is InChI=1S/C16H19NO3/c1-17-10-14(18)13-8-5-9-15(16(13)19)20-11-12-6-3-2-4-7-12/h2-9,14,17-19H,10-11H2,1H3. The van der Waals surface area contributed by atoms with Gasteiger partial charge in [0.1, 0.15) is 6.61 Å². The zero-order valence-electron chi connectivity index (χ0n) is 11.4. The SMILES string of the molecule is CNCC(O)c1cccc(OCc2ccccc2)c1O. The van der Waals surface area contributed by atoms with Crippen LogP contribution in [0.2, 0.25) is 0 Å². The topological polar surface area (TPSA) is 61.7 Å². The predicted octanol–water partition coefficient (Wildman–Crippen LogP) is 2.22. The Bertz CT molecular complexity index is 543. The lowest BCUT2D eigenvalue weighted by Crippen LogP contribution is -2.16. The Hall–Kier alpha value is -2.04. The van der Waals surface area contributed by atoms with Gasteiger partial charge in [0.15, 0.2) is 11.5 Å². The van der Waals surface area contributed by atoms with E-state index in [0.29, 0.717) is 24.5 Å². The van der Waals surface area contributed by atoms with Crippen molar-refractivity contribution in [2.24, 2.45) is 0 Å². The molecular formula is C16H19NO3. The fraction of sp³-hybridized carbons (Fsp3) is 0.250. The number of aliphatic hydroxyl groups excluding tert-OH is 1. The predicted molar refractivity (Wildman–Crippen MR) is 77.8 cm³/mol. The Labute approximate surface area is 118 Å². The number of benzene rings is 2. The summed E-state index contributed by atoms with van der Waals surface area (Å²) in [7, 11) is 1.75. The van der Waals surface area contributed by atoms with E-state index in [1.54, 1.807) is 25.2 Å². The van der Waals surface area contributed by atoms with Crippen molar-refractivity contribution < 1.29 is 14.9 Å². The number of ether oxygens (including phenoxy) is 1. The molecule has 20 heavy (non-hydrogen) atoms. The largest absolute Gasteiger partial charge is 0.504 e. The summed E-state index contributed by atoms with van der Waals surface area (Å²) >= 11 is 0. The number of phenolic OH excluding ortho intramolecular Hbond substituents is 1. The molecule has 1 atom stereocenters. The van der Waals surface area contributed by atoms with Crippen LogP contribution in [0, 0.1) is 0 Å². The van der Waals surface area contributed by atoms with E-state index < -0.39 is 6.10 Å². The molecule has 0 saturated carbocycles. The minimum atomic E-state index is -0.764. The van der Waals surface area contributed by atoms with Crippen LogP contribution in [0.4, 0.5) is 0 Å². The van der Waals surface area contributed by atoms with E-state index in [4.69, 9.17) is 4.74 Å². The van der Waals surface area contributed by atoms with E-state index in [9.17, 15) is 10.2 Å². The number of phenols is 1. The smallest absolute Gasteiger partial charge is 0.163 e. The number of rotatable bonds is 6. The molecule has 3 N–H and O–H groups in total. The van der Waals surface area contributed by atoms with Gasteiger partial charge in [-0.25, -0.2) is 0 Å². The second kappa shape index (κ2) is 6.93. The van der Waals surface area contributed by atoms with Gasteiger partial charge in [0.2, 0.25) is 0 Å². The monoisotopic (exact) mass is 273 g/mol. The van der Waals surface area contributed by atoms with Crippen molar-refractivity contribution in [2.45, 2.75) is 12.7 Å². The summed E-state index contributed by atoms with van der Waals surface area (Å²) in [6.45, 7) is 0.746. The minimum Gasteiger partial charge on any atom is -0.504 e. The lowest BCUT2D eigenvalue weighted by molar-refractivity contribution is 0.172. The third kappa shape index (κ3) is 3.50. The molecule has 0 bridgehead atoms. The summed E-state index contributed by atoms with van der Waals surface area (Å²) in [5.74, 6) is 0.368. The maximum Gasteiger partial charge on any atom is 0.163 e. The second-order valence-corrected chi connectivity index (χ2v) is 4.54. The first kappa shape index (κ1) is 14.4. The lowest BCUT2D eigenvalue weighted by atomic mass is 10.1. The van der Waals surface area contributed by atoms with Crippen LogP contribution in [0.5, 0.6) is 11.5 Å². The highest BCUT2D eigenvalue weighted by Gasteiger charge is 2.15. The normalized spacial score (nSPS) is 12.1. The quantitative estimate of drug-likeness (QED) is 0.755. The number of likely N-dealkylation sites (N-methyl/N-ethyl adjacent to an activating group) is 1. The summed E-state index contributed by atoms with van der Waals surface area (Å²) in [5, 5.41) is 23.0. The Balaban J connectivity index is 2.10.